The summed E-state index contributed by atoms with van der Waals surface area (Å²) in [5.41, 5.74) is 5.34. The van der Waals surface area contributed by atoms with Gasteiger partial charge in [-0.25, -0.2) is 4.57 Å². The number of carbonyl (C=O) groups excluding carboxylic acids is 1. The van der Waals surface area contributed by atoms with Crippen molar-refractivity contribution in [2.75, 3.05) is 26.4 Å². The van der Waals surface area contributed by atoms with Crippen molar-refractivity contribution in [3.05, 3.63) is 12.3 Å². The normalized spacial score (nSPS) is 13.7. The summed E-state index contributed by atoms with van der Waals surface area (Å²) in [7, 11) is -4.28. The van der Waals surface area contributed by atoms with Crippen molar-refractivity contribution in [2.45, 2.75) is 193 Å². The Bertz CT molecular complexity index is 722. The van der Waals surface area contributed by atoms with Crippen LogP contribution in [0.15, 0.2) is 12.3 Å². The second kappa shape index (κ2) is 35.4. The molecule has 0 aromatic rings. The Balaban J connectivity index is 4.09. The van der Waals surface area contributed by atoms with Crippen LogP contribution in [0.4, 0.5) is 0 Å². The summed E-state index contributed by atoms with van der Waals surface area (Å²) in [6, 6.07) is 0. The molecule has 3 N–H and O–H groups in total. The number of unbranched alkanes of at least 4 members (excludes halogenated alkanes) is 24. The second-order valence-corrected chi connectivity index (χ2v) is 14.3. The van der Waals surface area contributed by atoms with Crippen LogP contribution in [-0.4, -0.2) is 43.3 Å². The predicted molar refractivity (Wildman–Crippen MR) is 192 cm³/mol. The van der Waals surface area contributed by atoms with Gasteiger partial charge in [-0.2, -0.15) is 0 Å². The Morgan fingerprint density at radius 3 is 1.54 bits per heavy atom. The zero-order chi connectivity index (χ0) is 33.8. The van der Waals surface area contributed by atoms with Crippen molar-refractivity contribution >= 4 is 13.8 Å². The maximum absolute atomic E-state index is 12.5. The standard InChI is InChI=1S/C37H74NO7P/c1-3-5-7-9-11-13-15-16-17-18-19-21-23-25-27-29-32-42-34-36(35-44-46(40,41)43-33-31-38)45-37(39)30-28-26-24-22-20-14-12-10-8-6-4-2/h29,32,36H,3-28,30-31,33-35,38H2,1-2H3,(H,40,41)/t36-/m1/s1. The van der Waals surface area contributed by atoms with Gasteiger partial charge >= 0.3 is 13.8 Å². The van der Waals surface area contributed by atoms with E-state index in [4.69, 9.17) is 24.3 Å². The molecule has 0 saturated carbocycles. The van der Waals surface area contributed by atoms with Gasteiger partial charge in [0.1, 0.15) is 6.61 Å². The summed E-state index contributed by atoms with van der Waals surface area (Å²) >= 11 is 0. The monoisotopic (exact) mass is 676 g/mol. The molecule has 46 heavy (non-hydrogen) atoms. The summed E-state index contributed by atoms with van der Waals surface area (Å²) in [4.78, 5) is 22.3. The molecule has 0 fully saturated rings. The van der Waals surface area contributed by atoms with Crippen molar-refractivity contribution in [1.29, 1.82) is 0 Å². The van der Waals surface area contributed by atoms with Gasteiger partial charge in [-0.15, -0.1) is 0 Å². The van der Waals surface area contributed by atoms with Crippen molar-refractivity contribution < 1.29 is 32.8 Å². The molecule has 0 saturated heterocycles. The van der Waals surface area contributed by atoms with E-state index in [1.165, 1.54) is 135 Å². The number of hydrogen-bond acceptors (Lipinski definition) is 7. The van der Waals surface area contributed by atoms with E-state index < -0.39 is 13.9 Å². The molecule has 0 rings (SSSR count). The summed E-state index contributed by atoms with van der Waals surface area (Å²) in [5.74, 6) is -0.352. The Morgan fingerprint density at radius 2 is 1.09 bits per heavy atom. The van der Waals surface area contributed by atoms with E-state index in [-0.39, 0.29) is 32.3 Å². The van der Waals surface area contributed by atoms with E-state index in [1.807, 2.05) is 6.08 Å². The maximum Gasteiger partial charge on any atom is 0.472 e. The van der Waals surface area contributed by atoms with Crippen LogP contribution in [0.1, 0.15) is 187 Å². The van der Waals surface area contributed by atoms with Crippen LogP contribution in [0, 0.1) is 0 Å². The number of rotatable bonds is 37. The molecule has 0 amide bonds. The summed E-state index contributed by atoms with van der Waals surface area (Å²) in [5, 5.41) is 0. The molecule has 0 aliphatic carbocycles. The summed E-state index contributed by atoms with van der Waals surface area (Å²) in [6.45, 7) is 4.25. The summed E-state index contributed by atoms with van der Waals surface area (Å²) in [6.07, 6.45) is 36.0. The molecule has 0 radical (unpaired) electrons. The third-order valence-corrected chi connectivity index (χ3v) is 9.26. The van der Waals surface area contributed by atoms with Crippen molar-refractivity contribution in [1.82, 2.24) is 0 Å². The molecule has 2 atom stereocenters. The van der Waals surface area contributed by atoms with Crippen LogP contribution in [0.3, 0.4) is 0 Å². The topological polar surface area (TPSA) is 117 Å². The van der Waals surface area contributed by atoms with Gasteiger partial charge in [0.25, 0.3) is 0 Å². The van der Waals surface area contributed by atoms with E-state index >= 15 is 0 Å². The molecule has 0 heterocycles. The number of nitrogens with two attached hydrogens (primary N) is 1. The largest absolute Gasteiger partial charge is 0.498 e. The summed E-state index contributed by atoms with van der Waals surface area (Å²) < 4.78 is 33.0. The number of carbonyl (C=O) groups is 1. The fraction of sp³-hybridized carbons (Fsp3) is 0.919. The van der Waals surface area contributed by atoms with Gasteiger partial charge in [0.15, 0.2) is 6.10 Å². The Labute approximate surface area is 283 Å². The smallest absolute Gasteiger partial charge is 0.472 e. The van der Waals surface area contributed by atoms with Gasteiger partial charge in [0.2, 0.25) is 0 Å². The lowest BCUT2D eigenvalue weighted by Gasteiger charge is -2.19. The lowest BCUT2D eigenvalue weighted by Crippen LogP contribution is -2.27. The van der Waals surface area contributed by atoms with E-state index in [9.17, 15) is 14.3 Å². The van der Waals surface area contributed by atoms with Gasteiger partial charge in [-0.1, -0.05) is 162 Å². The van der Waals surface area contributed by atoms with Gasteiger partial charge in [0, 0.05) is 13.0 Å². The Hall–Kier alpha value is -0.920. The van der Waals surface area contributed by atoms with E-state index in [0.717, 1.165) is 32.1 Å². The average molecular weight is 676 g/mol. The fourth-order valence-corrected chi connectivity index (χ4v) is 6.20. The van der Waals surface area contributed by atoms with E-state index in [0.29, 0.717) is 6.42 Å². The van der Waals surface area contributed by atoms with Crippen molar-refractivity contribution in [3.63, 3.8) is 0 Å². The Morgan fingerprint density at radius 1 is 0.652 bits per heavy atom. The van der Waals surface area contributed by atoms with Crippen molar-refractivity contribution in [3.8, 4) is 0 Å². The van der Waals surface area contributed by atoms with Gasteiger partial charge in [-0.05, 0) is 25.3 Å². The highest BCUT2D eigenvalue weighted by Crippen LogP contribution is 2.43. The first kappa shape index (κ1) is 45.1. The van der Waals surface area contributed by atoms with Gasteiger partial charge in [-0.3, -0.25) is 13.8 Å². The first-order valence-corrected chi connectivity index (χ1v) is 20.7. The van der Waals surface area contributed by atoms with Crippen LogP contribution >= 0.6 is 7.82 Å². The van der Waals surface area contributed by atoms with Crippen LogP contribution < -0.4 is 5.73 Å². The average Bonchev–Trinajstić information content (AvgIpc) is 3.04. The molecule has 0 spiro atoms. The molecule has 8 nitrogen and oxygen atoms in total. The minimum Gasteiger partial charge on any atom is -0.498 e. The van der Waals surface area contributed by atoms with Gasteiger partial charge in [0.05, 0.1) is 19.5 Å². The number of phosphoric ester groups is 1. The molecule has 0 aromatic carbocycles. The minimum atomic E-state index is -4.28. The number of phosphoric acid groups is 1. The highest BCUT2D eigenvalue weighted by Gasteiger charge is 2.25. The van der Waals surface area contributed by atoms with Gasteiger partial charge < -0.3 is 20.1 Å². The Kier molecular flexibility index (Phi) is 34.7. The lowest BCUT2D eigenvalue weighted by atomic mass is 10.0. The second-order valence-electron chi connectivity index (χ2n) is 12.9. The van der Waals surface area contributed by atoms with Crippen LogP contribution in [0.5, 0.6) is 0 Å². The third-order valence-electron chi connectivity index (χ3n) is 8.28. The first-order valence-electron chi connectivity index (χ1n) is 19.2. The molecular weight excluding hydrogens is 601 g/mol. The number of hydrogen-bond donors (Lipinski definition) is 2. The molecular formula is C37H74NO7P. The number of ether oxygens (including phenoxy) is 2. The number of esters is 1. The quantitative estimate of drug-likeness (QED) is 0.0289. The molecule has 274 valence electrons. The zero-order valence-corrected chi connectivity index (χ0v) is 31.0. The predicted octanol–water partition coefficient (Wildman–Crippen LogP) is 11.1. The van der Waals surface area contributed by atoms with Crippen LogP contribution in [0.25, 0.3) is 0 Å². The minimum absolute atomic E-state index is 0.0378. The molecule has 1 unspecified atom stereocenters. The zero-order valence-electron chi connectivity index (χ0n) is 30.1. The lowest BCUT2D eigenvalue weighted by molar-refractivity contribution is -0.153. The van der Waals surface area contributed by atoms with E-state index in [1.54, 1.807) is 6.26 Å². The highest BCUT2D eigenvalue weighted by molar-refractivity contribution is 7.47. The SMILES string of the molecule is CCCCCCCCCCCCCCCCC=COC[C@H](COP(=O)(O)OCCN)OC(=O)CCCCCCCCCCCCC. The molecule has 0 aliphatic heterocycles. The molecule has 0 aromatic heterocycles. The van der Waals surface area contributed by atoms with Crippen molar-refractivity contribution in [2.24, 2.45) is 5.73 Å². The van der Waals surface area contributed by atoms with E-state index in [2.05, 4.69) is 13.8 Å². The molecule has 0 aliphatic rings. The first-order chi connectivity index (χ1) is 22.4. The van der Waals surface area contributed by atoms with Crippen LogP contribution in [-0.2, 0) is 27.9 Å². The maximum atomic E-state index is 12.5. The molecule has 9 heteroatoms. The highest BCUT2D eigenvalue weighted by atomic mass is 31.2. The third kappa shape index (κ3) is 34.4. The number of allylic oxidation sites excluding steroid dienone is 1. The fourth-order valence-electron chi connectivity index (χ4n) is 5.43. The molecule has 0 bridgehead atoms. The van der Waals surface area contributed by atoms with Crippen LogP contribution in [0.2, 0.25) is 0 Å².